The number of amides is 1. The molecule has 0 aliphatic rings. The van der Waals surface area contributed by atoms with E-state index >= 15 is 0 Å². The maximum atomic E-state index is 14.3. The third-order valence-corrected chi connectivity index (χ3v) is 7.80. The monoisotopic (exact) mass is 489 g/mol. The lowest BCUT2D eigenvalue weighted by molar-refractivity contribution is 0.0595. The minimum Gasteiger partial charge on any atom is -0.366 e. The summed E-state index contributed by atoms with van der Waals surface area (Å²) in [6.07, 6.45) is 1.04. The number of carbonyl (C=O) groups excluding carboxylic acids is 1. The van der Waals surface area contributed by atoms with Crippen molar-refractivity contribution in [2.45, 2.75) is 18.5 Å². The van der Waals surface area contributed by atoms with Crippen molar-refractivity contribution in [1.82, 2.24) is 0 Å². The summed E-state index contributed by atoms with van der Waals surface area (Å²) in [6.45, 7) is 0. The molecule has 0 fully saturated rings. The highest BCUT2D eigenvalue weighted by Crippen LogP contribution is 2.63. The van der Waals surface area contributed by atoms with E-state index in [-0.39, 0.29) is 15.4 Å². The number of fused-ring (bicyclic) bond motifs is 1. The molecular formula is C18H15BrF2NO4PS. The van der Waals surface area contributed by atoms with Gasteiger partial charge in [-0.1, -0.05) is 30.3 Å². The van der Waals surface area contributed by atoms with Gasteiger partial charge in [-0.05, 0) is 52.0 Å². The Labute approximate surface area is 171 Å². The lowest BCUT2D eigenvalue weighted by Crippen LogP contribution is -2.12. The van der Waals surface area contributed by atoms with Gasteiger partial charge in [0.05, 0.1) is 0 Å². The van der Waals surface area contributed by atoms with E-state index in [4.69, 9.17) is 15.5 Å². The van der Waals surface area contributed by atoms with Gasteiger partial charge < -0.3 is 15.5 Å². The van der Waals surface area contributed by atoms with E-state index in [1.165, 1.54) is 12.1 Å². The molecule has 0 radical (unpaired) electrons. The second kappa shape index (κ2) is 7.65. The summed E-state index contributed by atoms with van der Waals surface area (Å²) in [5.41, 5.74) is 2.79. The molecule has 1 aromatic heterocycles. The first-order chi connectivity index (χ1) is 13.0. The Morgan fingerprint density at radius 1 is 1.18 bits per heavy atom. The Morgan fingerprint density at radius 2 is 1.82 bits per heavy atom. The summed E-state index contributed by atoms with van der Waals surface area (Å²) in [5, 5.41) is 0.271. The molecule has 10 heteroatoms. The molecule has 3 rings (SSSR count). The number of hydrogen-bond donors (Lipinski definition) is 3. The highest BCUT2D eigenvalue weighted by molar-refractivity contribution is 9.10. The van der Waals surface area contributed by atoms with Crippen molar-refractivity contribution in [3.8, 4) is 0 Å². The fourth-order valence-corrected chi connectivity index (χ4v) is 5.87. The molecule has 28 heavy (non-hydrogen) atoms. The van der Waals surface area contributed by atoms with Gasteiger partial charge in [0.1, 0.15) is 4.88 Å². The van der Waals surface area contributed by atoms with Crippen molar-refractivity contribution < 1.29 is 27.9 Å². The summed E-state index contributed by atoms with van der Waals surface area (Å²) in [6, 6.07) is 12.4. The zero-order valence-corrected chi connectivity index (χ0v) is 17.5. The van der Waals surface area contributed by atoms with E-state index < -0.39 is 24.0 Å². The summed E-state index contributed by atoms with van der Waals surface area (Å²) in [7, 11) is -5.73. The number of halogens is 3. The van der Waals surface area contributed by atoms with Gasteiger partial charge >= 0.3 is 13.3 Å². The van der Waals surface area contributed by atoms with E-state index in [1.807, 2.05) is 30.3 Å². The van der Waals surface area contributed by atoms with Gasteiger partial charge in [0.2, 0.25) is 5.91 Å². The molecule has 148 valence electrons. The molecule has 0 saturated heterocycles. The topological polar surface area (TPSA) is 101 Å². The second-order valence-corrected chi connectivity index (χ2v) is 9.66. The highest BCUT2D eigenvalue weighted by atomic mass is 79.9. The fourth-order valence-electron chi connectivity index (χ4n) is 2.82. The third-order valence-electron chi connectivity index (χ3n) is 4.26. The molecule has 0 bridgehead atoms. The molecule has 0 atom stereocenters. The Balaban J connectivity index is 2.15. The van der Waals surface area contributed by atoms with E-state index in [0.717, 1.165) is 5.56 Å². The van der Waals surface area contributed by atoms with Crippen LogP contribution in [0.25, 0.3) is 10.1 Å². The Bertz CT molecular complexity index is 1100. The summed E-state index contributed by atoms with van der Waals surface area (Å²) in [5.74, 6) is -0.718. The number of hydrogen-bond acceptors (Lipinski definition) is 3. The van der Waals surface area contributed by atoms with Crippen molar-refractivity contribution in [3.63, 3.8) is 0 Å². The molecular weight excluding hydrogens is 475 g/mol. The predicted molar refractivity (Wildman–Crippen MR) is 108 cm³/mol. The van der Waals surface area contributed by atoms with Crippen LogP contribution in [0.4, 0.5) is 8.78 Å². The van der Waals surface area contributed by atoms with Gasteiger partial charge in [-0.3, -0.25) is 9.36 Å². The SMILES string of the molecule is NC(=O)c1cc(CCc2ccccc2)c2sc(C(F)(F)P(=O)(O)O)c(Br)c2c1. The van der Waals surface area contributed by atoms with Crippen LogP contribution in [0.1, 0.15) is 26.4 Å². The van der Waals surface area contributed by atoms with Gasteiger partial charge in [-0.15, -0.1) is 11.3 Å². The standard InChI is InChI=1S/C18H15BrF2NO4PS/c19-14-13-9-12(17(22)23)8-11(7-6-10-4-2-1-3-5-10)15(13)28-16(14)18(20,21)27(24,25)26/h1-5,8-9H,6-7H2,(H2,22,23)(H2,24,25,26). The van der Waals surface area contributed by atoms with Crippen molar-refractivity contribution in [2.75, 3.05) is 0 Å². The number of thiophene rings is 1. The Hall–Kier alpha value is -1.64. The largest absolute Gasteiger partial charge is 0.400 e. The Kier molecular flexibility index (Phi) is 5.76. The van der Waals surface area contributed by atoms with Gasteiger partial charge in [0.15, 0.2) is 0 Å². The number of benzene rings is 2. The number of nitrogens with two attached hydrogens (primary N) is 1. The van der Waals surface area contributed by atoms with Crippen LogP contribution in [0.15, 0.2) is 46.9 Å². The second-order valence-electron chi connectivity index (χ2n) is 6.19. The number of rotatable bonds is 6. The summed E-state index contributed by atoms with van der Waals surface area (Å²) < 4.78 is 40.2. The van der Waals surface area contributed by atoms with Crippen LogP contribution in [0.5, 0.6) is 0 Å². The molecule has 0 aliphatic carbocycles. The number of carbonyl (C=O) groups is 1. The highest BCUT2D eigenvalue weighted by Gasteiger charge is 2.53. The zero-order chi connectivity index (χ0) is 20.7. The van der Waals surface area contributed by atoms with Gasteiger partial charge in [0, 0.05) is 20.1 Å². The number of aryl methyl sites for hydroxylation is 2. The van der Waals surface area contributed by atoms with Crippen LogP contribution < -0.4 is 5.73 Å². The first kappa shape index (κ1) is 21.1. The van der Waals surface area contributed by atoms with Gasteiger partial charge in [-0.25, -0.2) is 0 Å². The van der Waals surface area contributed by atoms with Crippen LogP contribution in [0.3, 0.4) is 0 Å². The minimum absolute atomic E-state index is 0.139. The average Bonchev–Trinajstić information content (AvgIpc) is 2.97. The molecule has 4 N–H and O–H groups in total. The molecule has 0 spiro atoms. The first-order valence-electron chi connectivity index (χ1n) is 8.05. The number of primary amides is 1. The van der Waals surface area contributed by atoms with Crippen LogP contribution in [-0.2, 0) is 23.1 Å². The van der Waals surface area contributed by atoms with E-state index in [2.05, 4.69) is 15.9 Å². The summed E-state index contributed by atoms with van der Waals surface area (Å²) in [4.78, 5) is 29.1. The van der Waals surface area contributed by atoms with Crippen molar-refractivity contribution >= 4 is 50.9 Å². The molecule has 0 aliphatic heterocycles. The van der Waals surface area contributed by atoms with Crippen molar-refractivity contribution in [2.24, 2.45) is 5.73 Å². The van der Waals surface area contributed by atoms with E-state index in [0.29, 0.717) is 34.4 Å². The molecule has 5 nitrogen and oxygen atoms in total. The maximum Gasteiger partial charge on any atom is 0.400 e. The van der Waals surface area contributed by atoms with Crippen LogP contribution >= 0.6 is 34.9 Å². The molecule has 0 saturated carbocycles. The number of alkyl halides is 2. The van der Waals surface area contributed by atoms with Crippen molar-refractivity contribution in [1.29, 1.82) is 0 Å². The quantitative estimate of drug-likeness (QED) is 0.434. The molecule has 0 unspecified atom stereocenters. The molecule has 1 heterocycles. The third kappa shape index (κ3) is 3.90. The molecule has 1 amide bonds. The maximum absolute atomic E-state index is 14.3. The van der Waals surface area contributed by atoms with E-state index in [1.54, 1.807) is 0 Å². The smallest absolute Gasteiger partial charge is 0.366 e. The normalized spacial score (nSPS) is 12.5. The summed E-state index contributed by atoms with van der Waals surface area (Å²) >= 11 is 3.63. The lowest BCUT2D eigenvalue weighted by atomic mass is 10.0. The van der Waals surface area contributed by atoms with E-state index in [9.17, 15) is 18.1 Å². The van der Waals surface area contributed by atoms with Crippen molar-refractivity contribution in [3.05, 3.63) is 68.5 Å². The molecule has 2 aromatic carbocycles. The van der Waals surface area contributed by atoms with Gasteiger partial charge in [0.25, 0.3) is 0 Å². The average molecular weight is 490 g/mol. The predicted octanol–water partition coefficient (Wildman–Crippen LogP) is 4.77. The Morgan fingerprint density at radius 3 is 2.39 bits per heavy atom. The fraction of sp³-hybridized carbons (Fsp3) is 0.167. The zero-order valence-electron chi connectivity index (χ0n) is 14.2. The van der Waals surface area contributed by atoms with Gasteiger partial charge in [-0.2, -0.15) is 8.78 Å². The van der Waals surface area contributed by atoms with Crippen LogP contribution in [-0.4, -0.2) is 15.7 Å². The lowest BCUT2D eigenvalue weighted by Gasteiger charge is -2.16. The minimum atomic E-state index is -5.73. The van der Waals surface area contributed by atoms with Crippen LogP contribution in [0, 0.1) is 0 Å². The molecule has 3 aromatic rings. The first-order valence-corrected chi connectivity index (χ1v) is 11.3. The van der Waals surface area contributed by atoms with Crippen LogP contribution in [0.2, 0.25) is 0 Å².